The van der Waals surface area contributed by atoms with Crippen molar-refractivity contribution in [2.45, 2.75) is 25.3 Å². The molecule has 0 saturated carbocycles. The number of aromatic nitrogens is 1. The first-order valence-electron chi connectivity index (χ1n) is 8.78. The summed E-state index contributed by atoms with van der Waals surface area (Å²) in [6.45, 7) is 1.24. The van der Waals surface area contributed by atoms with Gasteiger partial charge in [0.15, 0.2) is 10.8 Å². The maximum atomic E-state index is 12.3. The van der Waals surface area contributed by atoms with E-state index in [-0.39, 0.29) is 24.3 Å². The first-order chi connectivity index (χ1) is 13.2. The maximum Gasteiger partial charge on any atom is 0.257 e. The summed E-state index contributed by atoms with van der Waals surface area (Å²) < 4.78 is 10.3. The van der Waals surface area contributed by atoms with Gasteiger partial charge in [-0.3, -0.25) is 9.59 Å². The van der Waals surface area contributed by atoms with E-state index >= 15 is 0 Å². The van der Waals surface area contributed by atoms with Crippen LogP contribution >= 0.6 is 11.3 Å². The first-order valence-corrected chi connectivity index (χ1v) is 9.66. The monoisotopic (exact) mass is 385 g/mol. The van der Waals surface area contributed by atoms with E-state index in [0.717, 1.165) is 23.5 Å². The molecule has 8 heteroatoms. The van der Waals surface area contributed by atoms with Gasteiger partial charge < -0.3 is 19.1 Å². The Bertz CT molecular complexity index is 893. The molecule has 0 unspecified atom stereocenters. The van der Waals surface area contributed by atoms with Gasteiger partial charge in [-0.1, -0.05) is 0 Å². The van der Waals surface area contributed by atoms with E-state index in [0.29, 0.717) is 24.4 Å². The lowest BCUT2D eigenvalue weighted by atomic mass is 10.0. The van der Waals surface area contributed by atoms with Gasteiger partial charge in [0, 0.05) is 24.5 Å². The highest BCUT2D eigenvalue weighted by Gasteiger charge is 2.25. The van der Waals surface area contributed by atoms with Crippen LogP contribution in [0.25, 0.3) is 10.8 Å². The van der Waals surface area contributed by atoms with Crippen molar-refractivity contribution in [2.24, 2.45) is 0 Å². The molecular formula is C19H19N3O4S. The van der Waals surface area contributed by atoms with Crippen LogP contribution in [0, 0.1) is 0 Å². The Balaban J connectivity index is 1.25. The van der Waals surface area contributed by atoms with Crippen LogP contribution < -0.4 is 5.32 Å². The van der Waals surface area contributed by atoms with Gasteiger partial charge in [0.25, 0.3) is 5.91 Å². The predicted molar refractivity (Wildman–Crippen MR) is 99.3 cm³/mol. The molecule has 0 bridgehead atoms. The van der Waals surface area contributed by atoms with Crippen LogP contribution in [0.4, 0.5) is 0 Å². The molecule has 0 radical (unpaired) electrons. The molecule has 140 valence electrons. The minimum absolute atomic E-state index is 0.0264. The molecule has 3 aromatic heterocycles. The molecule has 0 atom stereocenters. The second-order valence-electron chi connectivity index (χ2n) is 6.44. The topological polar surface area (TPSA) is 88.6 Å². The van der Waals surface area contributed by atoms with Gasteiger partial charge in [-0.05, 0) is 31.0 Å². The molecule has 1 aliphatic heterocycles. The molecule has 1 saturated heterocycles. The second kappa shape index (κ2) is 7.79. The molecule has 4 rings (SSSR count). The van der Waals surface area contributed by atoms with E-state index in [4.69, 9.17) is 8.83 Å². The molecule has 1 aliphatic rings. The highest BCUT2D eigenvalue weighted by molar-refractivity contribution is 7.13. The van der Waals surface area contributed by atoms with Crippen LogP contribution in [0.2, 0.25) is 0 Å². The quantitative estimate of drug-likeness (QED) is 0.729. The first kappa shape index (κ1) is 17.5. The molecule has 2 amide bonds. The zero-order valence-corrected chi connectivity index (χ0v) is 15.4. The largest absolute Gasteiger partial charge is 0.472 e. The number of nitrogens with zero attached hydrogens (tertiary/aromatic N) is 2. The van der Waals surface area contributed by atoms with Crippen molar-refractivity contribution in [1.29, 1.82) is 0 Å². The van der Waals surface area contributed by atoms with Crippen LogP contribution in [0.15, 0.2) is 51.2 Å². The molecule has 0 spiro atoms. The number of likely N-dealkylation sites (tertiary alicyclic amines) is 1. The third-order valence-electron chi connectivity index (χ3n) is 4.54. The minimum Gasteiger partial charge on any atom is -0.472 e. The second-order valence-corrected chi connectivity index (χ2v) is 7.30. The van der Waals surface area contributed by atoms with E-state index in [1.165, 1.54) is 23.9 Å². The fourth-order valence-electron chi connectivity index (χ4n) is 3.14. The van der Waals surface area contributed by atoms with Gasteiger partial charge in [-0.25, -0.2) is 4.98 Å². The van der Waals surface area contributed by atoms with Crippen molar-refractivity contribution in [2.75, 3.05) is 13.1 Å². The minimum atomic E-state index is -0.0501. The highest BCUT2D eigenvalue weighted by Crippen LogP contribution is 2.24. The van der Waals surface area contributed by atoms with Crippen LogP contribution in [0.5, 0.6) is 0 Å². The molecule has 1 fully saturated rings. The molecule has 0 aromatic carbocycles. The molecule has 0 aliphatic carbocycles. The highest BCUT2D eigenvalue weighted by atomic mass is 32.1. The van der Waals surface area contributed by atoms with Crippen molar-refractivity contribution >= 4 is 23.2 Å². The molecular weight excluding hydrogens is 366 g/mol. The summed E-state index contributed by atoms with van der Waals surface area (Å²) in [6, 6.07) is 5.41. The number of hydrogen-bond donors (Lipinski definition) is 1. The number of amides is 2. The normalized spacial score (nSPS) is 15.0. The fourth-order valence-corrected chi connectivity index (χ4v) is 3.93. The van der Waals surface area contributed by atoms with Crippen molar-refractivity contribution in [3.05, 3.63) is 53.6 Å². The number of thiazole rings is 1. The summed E-state index contributed by atoms with van der Waals surface area (Å²) in [5.41, 5.74) is 1.30. The average molecular weight is 385 g/mol. The summed E-state index contributed by atoms with van der Waals surface area (Å²) in [6.07, 6.45) is 6.28. The zero-order chi connectivity index (χ0) is 18.6. The number of carbonyl (C=O) groups is 2. The smallest absolute Gasteiger partial charge is 0.257 e. The summed E-state index contributed by atoms with van der Waals surface area (Å²) in [4.78, 5) is 30.9. The summed E-state index contributed by atoms with van der Waals surface area (Å²) in [7, 11) is 0. The van der Waals surface area contributed by atoms with Gasteiger partial charge in [0.2, 0.25) is 5.91 Å². The lowest BCUT2D eigenvalue weighted by molar-refractivity contribution is -0.121. The summed E-state index contributed by atoms with van der Waals surface area (Å²) in [5.74, 6) is 0.633. The third-order valence-corrected chi connectivity index (χ3v) is 5.45. The fraction of sp³-hybridized carbons (Fsp3) is 0.316. The van der Waals surface area contributed by atoms with Gasteiger partial charge in [0.1, 0.15) is 6.26 Å². The number of furan rings is 2. The number of carbonyl (C=O) groups excluding carboxylic acids is 2. The van der Waals surface area contributed by atoms with Crippen LogP contribution in [-0.2, 0) is 11.2 Å². The Morgan fingerprint density at radius 1 is 1.26 bits per heavy atom. The number of piperidine rings is 1. The summed E-state index contributed by atoms with van der Waals surface area (Å²) in [5, 5.41) is 5.70. The van der Waals surface area contributed by atoms with Crippen molar-refractivity contribution < 1.29 is 18.4 Å². The standard InChI is InChI=1S/C19H19N3O4S/c23-17(10-15-12-27-18(21-15)16-2-1-8-26-16)20-14-3-6-22(7-4-14)19(24)13-5-9-25-11-13/h1-2,5,8-9,11-12,14H,3-4,6-7,10H2,(H,20,23). The Morgan fingerprint density at radius 2 is 2.11 bits per heavy atom. The van der Waals surface area contributed by atoms with Crippen LogP contribution in [-0.4, -0.2) is 40.8 Å². The average Bonchev–Trinajstić information content (AvgIpc) is 3.43. The van der Waals surface area contributed by atoms with E-state index in [1.54, 1.807) is 17.2 Å². The molecule has 7 nitrogen and oxygen atoms in total. The Kier molecular flexibility index (Phi) is 5.06. The number of hydrogen-bond acceptors (Lipinski definition) is 6. The maximum absolute atomic E-state index is 12.3. The van der Waals surface area contributed by atoms with Crippen LogP contribution in [0.3, 0.4) is 0 Å². The SMILES string of the molecule is O=C(Cc1csc(-c2ccco2)n1)NC1CCN(C(=O)c2ccoc2)CC1. The third kappa shape index (κ3) is 4.11. The lowest BCUT2D eigenvalue weighted by Crippen LogP contribution is -2.46. The van der Waals surface area contributed by atoms with Crippen LogP contribution in [0.1, 0.15) is 28.9 Å². The van der Waals surface area contributed by atoms with Gasteiger partial charge >= 0.3 is 0 Å². The van der Waals surface area contributed by atoms with Gasteiger partial charge in [-0.2, -0.15) is 0 Å². The predicted octanol–water partition coefficient (Wildman–Crippen LogP) is 2.96. The van der Waals surface area contributed by atoms with E-state index in [2.05, 4.69) is 10.3 Å². The Morgan fingerprint density at radius 3 is 2.81 bits per heavy atom. The van der Waals surface area contributed by atoms with E-state index in [9.17, 15) is 9.59 Å². The Labute approximate surface area is 160 Å². The Hall–Kier alpha value is -2.87. The van der Waals surface area contributed by atoms with Crippen molar-refractivity contribution in [3.8, 4) is 10.8 Å². The van der Waals surface area contributed by atoms with Crippen molar-refractivity contribution in [3.63, 3.8) is 0 Å². The number of nitrogens with one attached hydrogen (secondary N) is 1. The molecule has 3 aromatic rings. The zero-order valence-electron chi connectivity index (χ0n) is 14.6. The number of rotatable bonds is 5. The van der Waals surface area contributed by atoms with Gasteiger partial charge in [0.05, 0.1) is 30.2 Å². The van der Waals surface area contributed by atoms with E-state index in [1.807, 2.05) is 17.5 Å². The molecule has 27 heavy (non-hydrogen) atoms. The molecule has 4 heterocycles. The van der Waals surface area contributed by atoms with Crippen molar-refractivity contribution in [1.82, 2.24) is 15.2 Å². The molecule has 1 N–H and O–H groups in total. The van der Waals surface area contributed by atoms with E-state index < -0.39 is 0 Å². The van der Waals surface area contributed by atoms with Gasteiger partial charge in [-0.15, -0.1) is 11.3 Å². The lowest BCUT2D eigenvalue weighted by Gasteiger charge is -2.32. The summed E-state index contributed by atoms with van der Waals surface area (Å²) >= 11 is 1.46.